The Morgan fingerprint density at radius 2 is 2.29 bits per heavy atom. The maximum Gasteiger partial charge on any atom is 0.255 e. The number of rotatable bonds is 1. The largest absolute Gasteiger partial charge is 0.378 e. The normalized spacial score (nSPS) is 16.7. The van der Waals surface area contributed by atoms with E-state index < -0.39 is 0 Å². The Kier molecular flexibility index (Phi) is 2.74. The van der Waals surface area contributed by atoms with Crippen molar-refractivity contribution >= 4 is 5.91 Å². The summed E-state index contributed by atoms with van der Waals surface area (Å²) < 4.78 is 5.17. The molecule has 0 unspecified atom stereocenters. The molecule has 2 heterocycles. The number of carbonyl (C=O) groups excluding carboxylic acids is 1. The third-order valence-electron chi connectivity index (χ3n) is 2.16. The molecule has 0 N–H and O–H groups in total. The molecular weight excluding hydrogens is 180 g/mol. The number of nitrogens with zero attached hydrogens (tertiary/aromatic N) is 2. The summed E-state index contributed by atoms with van der Waals surface area (Å²) in [5, 5.41) is 0. The molecular formula is C10H11N2O2. The maximum absolute atomic E-state index is 11.8. The second-order valence-corrected chi connectivity index (χ2v) is 3.08. The van der Waals surface area contributed by atoms with E-state index in [-0.39, 0.29) is 5.91 Å². The molecule has 1 aliphatic heterocycles. The van der Waals surface area contributed by atoms with Gasteiger partial charge in [0.25, 0.3) is 5.91 Å². The first-order valence-electron chi connectivity index (χ1n) is 4.57. The van der Waals surface area contributed by atoms with Crippen LogP contribution in [0.1, 0.15) is 10.4 Å². The van der Waals surface area contributed by atoms with Crippen LogP contribution in [0.15, 0.2) is 18.3 Å². The van der Waals surface area contributed by atoms with Crippen LogP contribution >= 0.6 is 0 Å². The Morgan fingerprint density at radius 3 is 2.93 bits per heavy atom. The van der Waals surface area contributed by atoms with Crippen LogP contribution < -0.4 is 0 Å². The number of hydrogen-bond donors (Lipinski definition) is 0. The second kappa shape index (κ2) is 4.19. The topological polar surface area (TPSA) is 42.4 Å². The summed E-state index contributed by atoms with van der Waals surface area (Å²) in [5.74, 6) is 0.0230. The molecule has 4 nitrogen and oxygen atoms in total. The van der Waals surface area contributed by atoms with Crippen molar-refractivity contribution < 1.29 is 9.53 Å². The SMILES string of the molecule is O=C(c1cc[c]nc1)N1CCOCC1. The Balaban J connectivity index is 2.07. The molecule has 4 heteroatoms. The van der Waals surface area contributed by atoms with Gasteiger partial charge < -0.3 is 9.64 Å². The number of amides is 1. The van der Waals surface area contributed by atoms with Crippen molar-refractivity contribution in [2.45, 2.75) is 0 Å². The number of hydrogen-bond acceptors (Lipinski definition) is 3. The lowest BCUT2D eigenvalue weighted by atomic mass is 10.2. The van der Waals surface area contributed by atoms with Crippen LogP contribution in [0.4, 0.5) is 0 Å². The third kappa shape index (κ3) is 1.90. The molecule has 2 rings (SSSR count). The van der Waals surface area contributed by atoms with Gasteiger partial charge in [0.2, 0.25) is 0 Å². The minimum absolute atomic E-state index is 0.0230. The van der Waals surface area contributed by atoms with E-state index in [9.17, 15) is 4.79 Å². The Hall–Kier alpha value is -1.42. The van der Waals surface area contributed by atoms with Gasteiger partial charge in [0.15, 0.2) is 0 Å². The van der Waals surface area contributed by atoms with E-state index in [1.54, 1.807) is 17.0 Å². The molecule has 1 amide bonds. The Morgan fingerprint density at radius 1 is 1.50 bits per heavy atom. The second-order valence-electron chi connectivity index (χ2n) is 3.08. The highest BCUT2D eigenvalue weighted by atomic mass is 16.5. The summed E-state index contributed by atoms with van der Waals surface area (Å²) in [6, 6.07) is 3.37. The quantitative estimate of drug-likeness (QED) is 0.643. The minimum atomic E-state index is 0.0230. The average molecular weight is 191 g/mol. The van der Waals surface area contributed by atoms with Gasteiger partial charge in [-0.3, -0.25) is 9.78 Å². The summed E-state index contributed by atoms with van der Waals surface area (Å²) >= 11 is 0. The van der Waals surface area contributed by atoms with Crippen molar-refractivity contribution in [3.8, 4) is 0 Å². The van der Waals surface area contributed by atoms with Crippen LogP contribution in [0.2, 0.25) is 0 Å². The van der Waals surface area contributed by atoms with E-state index in [1.165, 1.54) is 6.20 Å². The van der Waals surface area contributed by atoms with Gasteiger partial charge >= 0.3 is 0 Å². The van der Waals surface area contributed by atoms with Gasteiger partial charge in [-0.2, -0.15) is 0 Å². The molecule has 0 atom stereocenters. The summed E-state index contributed by atoms with van der Waals surface area (Å²) in [7, 11) is 0. The average Bonchev–Trinajstić information content (AvgIpc) is 2.30. The lowest BCUT2D eigenvalue weighted by Crippen LogP contribution is -2.40. The van der Waals surface area contributed by atoms with E-state index in [0.29, 0.717) is 31.9 Å². The van der Waals surface area contributed by atoms with Gasteiger partial charge in [-0.05, 0) is 12.1 Å². The number of carbonyl (C=O) groups is 1. The van der Waals surface area contributed by atoms with Gasteiger partial charge in [-0.1, -0.05) is 0 Å². The van der Waals surface area contributed by atoms with E-state index in [4.69, 9.17) is 4.74 Å². The van der Waals surface area contributed by atoms with Gasteiger partial charge in [-0.25, -0.2) is 0 Å². The molecule has 1 fully saturated rings. The monoisotopic (exact) mass is 191 g/mol. The molecule has 0 spiro atoms. The first kappa shape index (κ1) is 9.15. The third-order valence-corrected chi connectivity index (χ3v) is 2.16. The zero-order chi connectivity index (χ0) is 9.80. The molecule has 1 saturated heterocycles. The summed E-state index contributed by atoms with van der Waals surface area (Å²) in [6.07, 6.45) is 4.18. The molecule has 73 valence electrons. The van der Waals surface area contributed by atoms with Crippen LogP contribution in [0.25, 0.3) is 0 Å². The lowest BCUT2D eigenvalue weighted by molar-refractivity contribution is 0.0302. The molecule has 1 aliphatic rings. The molecule has 0 aromatic carbocycles. The van der Waals surface area contributed by atoms with Gasteiger partial charge in [0, 0.05) is 19.3 Å². The molecule has 1 aromatic heterocycles. The molecule has 14 heavy (non-hydrogen) atoms. The van der Waals surface area contributed by atoms with Gasteiger partial charge in [-0.15, -0.1) is 0 Å². The highest BCUT2D eigenvalue weighted by Crippen LogP contribution is 2.05. The van der Waals surface area contributed by atoms with Crippen molar-refractivity contribution in [2.75, 3.05) is 26.3 Å². The van der Waals surface area contributed by atoms with E-state index in [2.05, 4.69) is 11.2 Å². The predicted molar refractivity (Wildman–Crippen MR) is 49.8 cm³/mol. The van der Waals surface area contributed by atoms with Crippen molar-refractivity contribution in [3.05, 3.63) is 30.1 Å². The number of ether oxygens (including phenoxy) is 1. The van der Waals surface area contributed by atoms with E-state index in [1.807, 2.05) is 0 Å². The van der Waals surface area contributed by atoms with Crippen molar-refractivity contribution in [3.63, 3.8) is 0 Å². The Bertz CT molecular complexity index is 307. The van der Waals surface area contributed by atoms with E-state index >= 15 is 0 Å². The van der Waals surface area contributed by atoms with Crippen molar-refractivity contribution in [1.29, 1.82) is 0 Å². The first-order valence-corrected chi connectivity index (χ1v) is 4.57. The first-order chi connectivity index (χ1) is 6.88. The number of aromatic nitrogens is 1. The van der Waals surface area contributed by atoms with Gasteiger partial charge in [0.1, 0.15) is 0 Å². The minimum Gasteiger partial charge on any atom is -0.378 e. The number of pyridine rings is 1. The fourth-order valence-corrected chi connectivity index (χ4v) is 1.40. The zero-order valence-corrected chi connectivity index (χ0v) is 7.77. The number of morpholine rings is 1. The van der Waals surface area contributed by atoms with Crippen LogP contribution in [0.5, 0.6) is 0 Å². The van der Waals surface area contributed by atoms with Crippen molar-refractivity contribution in [1.82, 2.24) is 9.88 Å². The van der Waals surface area contributed by atoms with Crippen LogP contribution in [-0.4, -0.2) is 42.1 Å². The summed E-state index contributed by atoms with van der Waals surface area (Å²) in [5.41, 5.74) is 0.616. The van der Waals surface area contributed by atoms with Crippen molar-refractivity contribution in [2.24, 2.45) is 0 Å². The highest BCUT2D eigenvalue weighted by Gasteiger charge is 2.17. The molecule has 1 aromatic rings. The Labute approximate surface area is 82.5 Å². The summed E-state index contributed by atoms with van der Waals surface area (Å²) in [6.45, 7) is 2.57. The molecule has 0 aliphatic carbocycles. The van der Waals surface area contributed by atoms with Crippen LogP contribution in [0, 0.1) is 6.20 Å². The fraction of sp³-hybridized carbons (Fsp3) is 0.400. The smallest absolute Gasteiger partial charge is 0.255 e. The fourth-order valence-electron chi connectivity index (χ4n) is 1.40. The van der Waals surface area contributed by atoms with E-state index in [0.717, 1.165) is 0 Å². The maximum atomic E-state index is 11.8. The molecule has 0 bridgehead atoms. The molecule has 1 radical (unpaired) electrons. The summed E-state index contributed by atoms with van der Waals surface area (Å²) in [4.78, 5) is 17.4. The zero-order valence-electron chi connectivity index (χ0n) is 7.77. The standard InChI is InChI=1S/C10H11N2O2/c13-10(9-2-1-3-11-8-9)12-4-6-14-7-5-12/h1-2,8H,4-7H2. The van der Waals surface area contributed by atoms with Gasteiger partial charge in [0.05, 0.1) is 25.0 Å². The van der Waals surface area contributed by atoms with Crippen LogP contribution in [0.3, 0.4) is 0 Å². The predicted octanol–water partition coefficient (Wildman–Crippen LogP) is 0.354. The lowest BCUT2D eigenvalue weighted by Gasteiger charge is -2.26. The highest BCUT2D eigenvalue weighted by molar-refractivity contribution is 5.93. The van der Waals surface area contributed by atoms with Crippen LogP contribution in [-0.2, 0) is 4.74 Å². The molecule has 0 saturated carbocycles.